The van der Waals surface area contributed by atoms with E-state index in [2.05, 4.69) is 38.1 Å². The lowest BCUT2D eigenvalue weighted by molar-refractivity contribution is -0.0334. The molecule has 2 nitrogen and oxygen atoms in total. The summed E-state index contributed by atoms with van der Waals surface area (Å²) in [5.41, 5.74) is 2.74. The lowest BCUT2D eigenvalue weighted by atomic mass is 10.1. The second-order valence-corrected chi connectivity index (χ2v) is 3.31. The van der Waals surface area contributed by atoms with E-state index < -0.39 is 0 Å². The van der Waals surface area contributed by atoms with Gasteiger partial charge in [-0.1, -0.05) is 24.3 Å². The number of rotatable bonds is 0. The molecule has 1 aromatic carbocycles. The molecule has 1 fully saturated rings. The highest BCUT2D eigenvalue weighted by Crippen LogP contribution is 2.02. The summed E-state index contributed by atoms with van der Waals surface area (Å²) in [5.74, 6) is 0. The number of benzene rings is 1. The monoisotopic (exact) mass is 194 g/mol. The Morgan fingerprint density at radius 2 is 1.14 bits per heavy atom. The number of aryl methyl sites for hydroxylation is 2. The van der Waals surface area contributed by atoms with Gasteiger partial charge in [-0.15, -0.1) is 0 Å². The molecule has 0 saturated carbocycles. The van der Waals surface area contributed by atoms with Gasteiger partial charge in [0, 0.05) is 0 Å². The van der Waals surface area contributed by atoms with Gasteiger partial charge in [-0.25, -0.2) is 0 Å². The van der Waals surface area contributed by atoms with Crippen LogP contribution in [0, 0.1) is 13.8 Å². The van der Waals surface area contributed by atoms with E-state index in [0.717, 1.165) is 26.4 Å². The summed E-state index contributed by atoms with van der Waals surface area (Å²) in [6.07, 6.45) is 0. The van der Waals surface area contributed by atoms with Crippen LogP contribution in [0.15, 0.2) is 24.3 Å². The largest absolute Gasteiger partial charge is 0.377 e. The Hall–Kier alpha value is -0.860. The Labute approximate surface area is 85.8 Å². The van der Waals surface area contributed by atoms with E-state index in [1.54, 1.807) is 0 Å². The summed E-state index contributed by atoms with van der Waals surface area (Å²) in [5, 5.41) is 0. The van der Waals surface area contributed by atoms with Crippen LogP contribution in [0.2, 0.25) is 0 Å². The third-order valence-electron chi connectivity index (χ3n) is 2.17. The summed E-state index contributed by atoms with van der Waals surface area (Å²) >= 11 is 0. The van der Waals surface area contributed by atoms with Crippen LogP contribution in [0.1, 0.15) is 11.1 Å². The minimum Gasteiger partial charge on any atom is -0.377 e. The fraction of sp³-hybridized carbons (Fsp3) is 0.500. The summed E-state index contributed by atoms with van der Waals surface area (Å²) in [6, 6.07) is 8.36. The standard InChI is InChI=1S/C8H10.C4H8O2/c1-7-5-3-4-6-8(7)2;1-2-6-4-3-5-1/h3-6H,1-2H3;1-4H2. The minimum atomic E-state index is 0.778. The second-order valence-electron chi connectivity index (χ2n) is 3.31. The van der Waals surface area contributed by atoms with Crippen LogP contribution < -0.4 is 0 Å². The maximum Gasteiger partial charge on any atom is 0.0701 e. The maximum atomic E-state index is 4.94. The van der Waals surface area contributed by atoms with Gasteiger partial charge in [-0.05, 0) is 25.0 Å². The molecular weight excluding hydrogens is 176 g/mol. The van der Waals surface area contributed by atoms with Crippen molar-refractivity contribution in [1.82, 2.24) is 0 Å². The average Bonchev–Trinajstić information content (AvgIpc) is 2.26. The Morgan fingerprint density at radius 1 is 0.786 bits per heavy atom. The Kier molecular flexibility index (Phi) is 5.27. The van der Waals surface area contributed by atoms with Crippen LogP contribution in [0.4, 0.5) is 0 Å². The van der Waals surface area contributed by atoms with Crippen molar-refractivity contribution in [1.29, 1.82) is 0 Å². The first-order valence-corrected chi connectivity index (χ1v) is 4.98. The van der Waals surface area contributed by atoms with Crippen LogP contribution in [0.3, 0.4) is 0 Å². The molecule has 14 heavy (non-hydrogen) atoms. The van der Waals surface area contributed by atoms with Gasteiger partial charge in [0.05, 0.1) is 26.4 Å². The smallest absolute Gasteiger partial charge is 0.0701 e. The van der Waals surface area contributed by atoms with Gasteiger partial charge in [-0.3, -0.25) is 0 Å². The van der Waals surface area contributed by atoms with Crippen LogP contribution in [-0.2, 0) is 9.47 Å². The average molecular weight is 194 g/mol. The van der Waals surface area contributed by atoms with Gasteiger partial charge in [0.1, 0.15) is 0 Å². The molecule has 0 radical (unpaired) electrons. The van der Waals surface area contributed by atoms with Gasteiger partial charge in [-0.2, -0.15) is 0 Å². The molecule has 0 aliphatic carbocycles. The lowest BCUT2D eigenvalue weighted by Crippen LogP contribution is -2.16. The number of hydrogen-bond acceptors (Lipinski definition) is 2. The first-order valence-electron chi connectivity index (χ1n) is 4.98. The molecule has 1 aliphatic rings. The van der Waals surface area contributed by atoms with E-state index in [1.807, 2.05) is 0 Å². The first-order chi connectivity index (χ1) is 6.80. The summed E-state index contributed by atoms with van der Waals surface area (Å²) in [7, 11) is 0. The lowest BCUT2D eigenvalue weighted by Gasteiger charge is -2.09. The number of hydrogen-bond donors (Lipinski definition) is 0. The zero-order chi connectivity index (χ0) is 10.2. The molecule has 1 heterocycles. The molecule has 0 aromatic heterocycles. The van der Waals surface area contributed by atoms with Gasteiger partial charge < -0.3 is 9.47 Å². The highest BCUT2D eigenvalue weighted by atomic mass is 16.6. The van der Waals surface area contributed by atoms with Crippen LogP contribution in [-0.4, -0.2) is 26.4 Å². The highest BCUT2D eigenvalue weighted by Gasteiger charge is 1.94. The molecule has 0 amide bonds. The molecule has 0 unspecified atom stereocenters. The van der Waals surface area contributed by atoms with E-state index in [-0.39, 0.29) is 0 Å². The van der Waals surface area contributed by atoms with E-state index in [1.165, 1.54) is 11.1 Å². The molecule has 78 valence electrons. The normalized spacial score (nSPS) is 15.6. The van der Waals surface area contributed by atoms with Gasteiger partial charge in [0.2, 0.25) is 0 Å². The molecule has 0 atom stereocenters. The predicted molar refractivity (Wildman–Crippen MR) is 57.6 cm³/mol. The van der Waals surface area contributed by atoms with Crippen LogP contribution in [0.25, 0.3) is 0 Å². The number of ether oxygens (including phenoxy) is 2. The van der Waals surface area contributed by atoms with Crippen molar-refractivity contribution in [3.63, 3.8) is 0 Å². The second kappa shape index (κ2) is 6.57. The molecule has 0 spiro atoms. The van der Waals surface area contributed by atoms with Crippen molar-refractivity contribution in [3.05, 3.63) is 35.4 Å². The summed E-state index contributed by atoms with van der Waals surface area (Å²) < 4.78 is 9.89. The molecule has 1 aliphatic heterocycles. The zero-order valence-electron chi connectivity index (χ0n) is 8.95. The third kappa shape index (κ3) is 4.40. The predicted octanol–water partition coefficient (Wildman–Crippen LogP) is 2.34. The topological polar surface area (TPSA) is 18.5 Å². The SMILES string of the molecule is C1COCCO1.Cc1ccccc1C. The van der Waals surface area contributed by atoms with Crippen molar-refractivity contribution < 1.29 is 9.47 Å². The molecule has 2 heteroatoms. The zero-order valence-corrected chi connectivity index (χ0v) is 8.95. The van der Waals surface area contributed by atoms with E-state index in [4.69, 9.17) is 9.47 Å². The quantitative estimate of drug-likeness (QED) is 0.631. The summed E-state index contributed by atoms with van der Waals surface area (Å²) in [4.78, 5) is 0. The molecule has 0 N–H and O–H groups in total. The van der Waals surface area contributed by atoms with E-state index in [0.29, 0.717) is 0 Å². The van der Waals surface area contributed by atoms with Crippen molar-refractivity contribution in [2.45, 2.75) is 13.8 Å². The van der Waals surface area contributed by atoms with Crippen LogP contribution in [0.5, 0.6) is 0 Å². The van der Waals surface area contributed by atoms with Gasteiger partial charge in [0.15, 0.2) is 0 Å². The maximum absolute atomic E-state index is 4.94. The molecule has 2 rings (SSSR count). The third-order valence-corrected chi connectivity index (χ3v) is 2.17. The Balaban J connectivity index is 0.000000146. The van der Waals surface area contributed by atoms with Crippen LogP contribution >= 0.6 is 0 Å². The Bertz CT molecular complexity index is 222. The first kappa shape index (κ1) is 11.2. The van der Waals surface area contributed by atoms with Gasteiger partial charge in [0.25, 0.3) is 0 Å². The minimum absolute atomic E-state index is 0.778. The molecule has 0 bridgehead atoms. The molecule has 1 aromatic rings. The fourth-order valence-electron chi connectivity index (χ4n) is 1.10. The van der Waals surface area contributed by atoms with Crippen molar-refractivity contribution in [2.75, 3.05) is 26.4 Å². The van der Waals surface area contributed by atoms with Crippen molar-refractivity contribution in [3.8, 4) is 0 Å². The summed E-state index contributed by atoms with van der Waals surface area (Å²) in [6.45, 7) is 7.35. The Morgan fingerprint density at radius 3 is 1.36 bits per heavy atom. The van der Waals surface area contributed by atoms with Crippen molar-refractivity contribution in [2.24, 2.45) is 0 Å². The fourth-order valence-corrected chi connectivity index (χ4v) is 1.10. The van der Waals surface area contributed by atoms with Gasteiger partial charge >= 0.3 is 0 Å². The molecular formula is C12H18O2. The van der Waals surface area contributed by atoms with E-state index in [9.17, 15) is 0 Å². The van der Waals surface area contributed by atoms with Crippen molar-refractivity contribution >= 4 is 0 Å². The highest BCUT2D eigenvalue weighted by molar-refractivity contribution is 5.23. The van der Waals surface area contributed by atoms with E-state index >= 15 is 0 Å². The molecule has 1 saturated heterocycles.